The zero-order valence-electron chi connectivity index (χ0n) is 16.9. The molecule has 2 saturated carbocycles. The number of amides is 1. The van der Waals surface area contributed by atoms with Gasteiger partial charge in [-0.2, -0.15) is 5.10 Å². The number of carbonyl (C=O) groups excluding carboxylic acids is 1. The van der Waals surface area contributed by atoms with Crippen molar-refractivity contribution in [3.63, 3.8) is 0 Å². The molecule has 2 aromatic heterocycles. The summed E-state index contributed by atoms with van der Waals surface area (Å²) in [5, 5.41) is 15.3. The number of carbonyl (C=O) groups is 1. The highest BCUT2D eigenvalue weighted by Gasteiger charge is 2.51. The van der Waals surface area contributed by atoms with E-state index < -0.39 is 5.60 Å². The molecule has 0 radical (unpaired) electrons. The number of aryl methyl sites for hydroxylation is 1. The Hall–Kier alpha value is -1.95. The second-order valence-electron chi connectivity index (χ2n) is 9.93. The quantitative estimate of drug-likeness (QED) is 0.886. The zero-order valence-corrected chi connectivity index (χ0v) is 16.9. The van der Waals surface area contributed by atoms with Gasteiger partial charge in [0, 0.05) is 42.6 Å². The van der Waals surface area contributed by atoms with Crippen LogP contribution in [-0.4, -0.2) is 49.4 Å². The molecule has 0 unspecified atom stereocenters. The van der Waals surface area contributed by atoms with Crippen LogP contribution in [0.3, 0.4) is 0 Å². The van der Waals surface area contributed by atoms with E-state index in [2.05, 4.69) is 17.2 Å². The minimum atomic E-state index is -0.618. The molecule has 28 heavy (non-hydrogen) atoms. The van der Waals surface area contributed by atoms with E-state index in [-0.39, 0.29) is 11.8 Å². The van der Waals surface area contributed by atoms with Gasteiger partial charge in [0.2, 0.25) is 5.91 Å². The molecular weight excluding hydrogens is 352 g/mol. The van der Waals surface area contributed by atoms with Gasteiger partial charge in [-0.15, -0.1) is 0 Å². The number of hydrogen-bond donors (Lipinski definition) is 1. The number of hydrogen-bond acceptors (Lipinski definition) is 4. The van der Waals surface area contributed by atoms with Crippen LogP contribution in [0, 0.1) is 17.3 Å². The molecule has 3 aliphatic rings. The summed E-state index contributed by atoms with van der Waals surface area (Å²) in [6, 6.07) is 4.27. The summed E-state index contributed by atoms with van der Waals surface area (Å²) in [4.78, 5) is 19.4. The van der Waals surface area contributed by atoms with Gasteiger partial charge in [-0.25, -0.2) is 4.98 Å². The summed E-state index contributed by atoms with van der Waals surface area (Å²) < 4.78 is 1.84. The number of likely N-dealkylation sites (tertiary alicyclic amines) is 1. The van der Waals surface area contributed by atoms with Crippen LogP contribution in [0.15, 0.2) is 18.3 Å². The maximum absolute atomic E-state index is 12.5. The molecule has 1 saturated heterocycles. The van der Waals surface area contributed by atoms with Gasteiger partial charge >= 0.3 is 0 Å². The van der Waals surface area contributed by atoms with E-state index in [1.165, 1.54) is 31.4 Å². The highest BCUT2D eigenvalue weighted by Crippen LogP contribution is 2.48. The fourth-order valence-corrected chi connectivity index (χ4v) is 5.64. The molecule has 6 nitrogen and oxygen atoms in total. The Labute approximate surface area is 165 Å². The highest BCUT2D eigenvalue weighted by atomic mass is 16.3. The third-order valence-electron chi connectivity index (χ3n) is 7.39. The van der Waals surface area contributed by atoms with Gasteiger partial charge in [-0.1, -0.05) is 0 Å². The number of aliphatic hydroxyl groups is 1. The Balaban J connectivity index is 1.13. The van der Waals surface area contributed by atoms with Gasteiger partial charge < -0.3 is 10.0 Å². The van der Waals surface area contributed by atoms with Gasteiger partial charge in [0.25, 0.3) is 0 Å². The Morgan fingerprint density at radius 2 is 1.96 bits per heavy atom. The first kappa shape index (κ1) is 18.1. The summed E-state index contributed by atoms with van der Waals surface area (Å²) in [5.41, 5.74) is 1.87. The Bertz CT molecular complexity index is 894. The summed E-state index contributed by atoms with van der Waals surface area (Å²) in [6.45, 7) is 3.68. The number of fused-ring (bicyclic) bond motifs is 1. The number of rotatable bonds is 3. The molecule has 1 spiro atoms. The first-order chi connectivity index (χ1) is 13.3. The van der Waals surface area contributed by atoms with Gasteiger partial charge in [-0.3, -0.25) is 9.48 Å². The van der Waals surface area contributed by atoms with Crippen molar-refractivity contribution in [1.29, 1.82) is 0 Å². The molecular formula is C22H30N4O2. The SMILES string of the molecule is Cn1ncc2ccc(CC3CCC4(CC3)CN(C(=O)[C@H]3C[C@@](C)(O)C3)C4)nc21. The van der Waals surface area contributed by atoms with E-state index in [1.807, 2.05) is 29.7 Å². The van der Waals surface area contributed by atoms with Crippen molar-refractivity contribution in [3.8, 4) is 0 Å². The van der Waals surface area contributed by atoms with Gasteiger partial charge in [-0.05, 0) is 69.9 Å². The maximum Gasteiger partial charge on any atom is 0.225 e. The number of pyridine rings is 1. The fraction of sp³-hybridized carbons (Fsp3) is 0.682. The molecule has 1 aliphatic heterocycles. The van der Waals surface area contributed by atoms with E-state index in [1.54, 1.807) is 0 Å². The third-order valence-corrected chi connectivity index (χ3v) is 7.39. The maximum atomic E-state index is 12.5. The van der Waals surface area contributed by atoms with Crippen molar-refractivity contribution in [2.75, 3.05) is 13.1 Å². The highest BCUT2D eigenvalue weighted by molar-refractivity contribution is 5.81. The monoisotopic (exact) mass is 382 g/mol. The van der Waals surface area contributed by atoms with E-state index in [9.17, 15) is 9.90 Å². The van der Waals surface area contributed by atoms with Crippen molar-refractivity contribution in [2.24, 2.45) is 24.3 Å². The van der Waals surface area contributed by atoms with Crippen LogP contribution in [0.5, 0.6) is 0 Å². The van der Waals surface area contributed by atoms with Crippen LogP contribution in [0.1, 0.15) is 51.1 Å². The summed E-state index contributed by atoms with van der Waals surface area (Å²) >= 11 is 0. The predicted molar refractivity (Wildman–Crippen MR) is 107 cm³/mol. The van der Waals surface area contributed by atoms with Crippen LogP contribution in [0.25, 0.3) is 11.0 Å². The molecule has 2 aromatic rings. The molecule has 0 aromatic carbocycles. The minimum absolute atomic E-state index is 0.0525. The standard InChI is InChI=1S/C22H30N4O2/c1-21(28)10-17(11-21)20(27)26-13-22(14-26)7-5-15(6-8-22)9-18-4-3-16-12-23-25(2)19(16)24-18/h3-4,12,15,17,28H,5-11,13-14H2,1-2H3/t17-,21+. The van der Waals surface area contributed by atoms with Crippen molar-refractivity contribution >= 4 is 16.9 Å². The van der Waals surface area contributed by atoms with Gasteiger partial charge in [0.15, 0.2) is 5.65 Å². The molecule has 150 valence electrons. The molecule has 3 heterocycles. The number of nitrogens with zero attached hydrogens (tertiary/aromatic N) is 4. The Kier molecular flexibility index (Phi) is 4.06. The molecule has 1 N–H and O–H groups in total. The third kappa shape index (κ3) is 3.11. The second kappa shape index (κ2) is 6.28. The molecule has 5 rings (SSSR count). The average Bonchev–Trinajstić information content (AvgIpc) is 2.99. The lowest BCUT2D eigenvalue weighted by atomic mass is 9.64. The lowest BCUT2D eigenvalue weighted by Gasteiger charge is -2.55. The van der Waals surface area contributed by atoms with E-state index in [0.29, 0.717) is 24.2 Å². The normalized spacial score (nSPS) is 29.7. The van der Waals surface area contributed by atoms with Crippen LogP contribution in [0.2, 0.25) is 0 Å². The molecule has 6 heteroatoms. The second-order valence-corrected chi connectivity index (χ2v) is 9.93. The largest absolute Gasteiger partial charge is 0.390 e. The van der Waals surface area contributed by atoms with Crippen molar-refractivity contribution < 1.29 is 9.90 Å². The smallest absolute Gasteiger partial charge is 0.225 e. The zero-order chi connectivity index (χ0) is 19.5. The molecule has 0 bridgehead atoms. The topological polar surface area (TPSA) is 71.2 Å². The van der Waals surface area contributed by atoms with Crippen LogP contribution < -0.4 is 0 Å². The molecule has 3 fully saturated rings. The van der Waals surface area contributed by atoms with Gasteiger partial charge in [0.1, 0.15) is 0 Å². The summed E-state index contributed by atoms with van der Waals surface area (Å²) in [5.74, 6) is 1.01. The summed E-state index contributed by atoms with van der Waals surface area (Å²) in [6.07, 6.45) is 9.06. The van der Waals surface area contributed by atoms with E-state index >= 15 is 0 Å². The molecule has 0 atom stereocenters. The van der Waals surface area contributed by atoms with Crippen LogP contribution in [-0.2, 0) is 18.3 Å². The van der Waals surface area contributed by atoms with E-state index in [0.717, 1.165) is 30.5 Å². The van der Waals surface area contributed by atoms with E-state index in [4.69, 9.17) is 4.98 Å². The summed E-state index contributed by atoms with van der Waals surface area (Å²) in [7, 11) is 1.94. The van der Waals surface area contributed by atoms with Gasteiger partial charge in [0.05, 0.1) is 11.8 Å². The van der Waals surface area contributed by atoms with Crippen LogP contribution >= 0.6 is 0 Å². The predicted octanol–water partition coefficient (Wildman–Crippen LogP) is 2.69. The van der Waals surface area contributed by atoms with Crippen LogP contribution in [0.4, 0.5) is 0 Å². The average molecular weight is 383 g/mol. The lowest BCUT2D eigenvalue weighted by Crippen LogP contribution is -2.62. The molecule has 1 amide bonds. The molecule has 2 aliphatic carbocycles. The first-order valence-corrected chi connectivity index (χ1v) is 10.6. The fourth-order valence-electron chi connectivity index (χ4n) is 5.64. The minimum Gasteiger partial charge on any atom is -0.390 e. The Morgan fingerprint density at radius 1 is 1.25 bits per heavy atom. The van der Waals surface area contributed by atoms with Crippen molar-refractivity contribution in [3.05, 3.63) is 24.0 Å². The van der Waals surface area contributed by atoms with Crippen molar-refractivity contribution in [2.45, 2.75) is 57.5 Å². The van der Waals surface area contributed by atoms with Crippen molar-refractivity contribution in [1.82, 2.24) is 19.7 Å². The lowest BCUT2D eigenvalue weighted by molar-refractivity contribution is -0.163. The number of aromatic nitrogens is 3. The Morgan fingerprint density at radius 3 is 2.64 bits per heavy atom. The first-order valence-electron chi connectivity index (χ1n) is 10.6.